The number of nitrogens with zero attached hydrogens (tertiary/aromatic N) is 2. The van der Waals surface area contributed by atoms with Crippen LogP contribution in [0.3, 0.4) is 0 Å². The van der Waals surface area contributed by atoms with Crippen LogP contribution >= 0.6 is 0 Å². The highest BCUT2D eigenvalue weighted by atomic mass is 16.2. The molecule has 0 saturated heterocycles. The third-order valence-electron chi connectivity index (χ3n) is 4.53. The lowest BCUT2D eigenvalue weighted by atomic mass is 10.2. The van der Waals surface area contributed by atoms with Crippen molar-refractivity contribution in [2.75, 3.05) is 0 Å². The van der Waals surface area contributed by atoms with Gasteiger partial charge in [-0.05, 0) is 36.8 Å². The van der Waals surface area contributed by atoms with Crippen molar-refractivity contribution < 1.29 is 0 Å². The molecule has 0 unspecified atom stereocenters. The fraction of sp³-hybridized carbons (Fsp3) is 0.0909. The molecule has 4 rings (SSSR count). The smallest absolute Gasteiger partial charge is 0.288 e. The highest BCUT2D eigenvalue weighted by molar-refractivity contribution is 5.78. The predicted octanol–water partition coefficient (Wildman–Crippen LogP) is 3.51. The maximum Gasteiger partial charge on any atom is 0.336 e. The van der Waals surface area contributed by atoms with Crippen LogP contribution in [0.25, 0.3) is 16.6 Å². The Kier molecular flexibility index (Phi) is 4.01. The Bertz CT molecular complexity index is 1190. The Hall–Kier alpha value is -3.40. The van der Waals surface area contributed by atoms with Crippen LogP contribution in [0, 0.1) is 6.92 Å². The van der Waals surface area contributed by atoms with E-state index in [4.69, 9.17) is 0 Å². The van der Waals surface area contributed by atoms with Crippen molar-refractivity contribution in [3.63, 3.8) is 0 Å². The van der Waals surface area contributed by atoms with Gasteiger partial charge >= 0.3 is 5.69 Å². The van der Waals surface area contributed by atoms with E-state index in [-0.39, 0.29) is 11.2 Å². The maximum absolute atomic E-state index is 13.2. The molecular formula is C22H18N2O2. The van der Waals surface area contributed by atoms with Crippen molar-refractivity contribution in [3.8, 4) is 5.69 Å². The molecule has 1 heterocycles. The van der Waals surface area contributed by atoms with E-state index in [1.165, 1.54) is 4.57 Å². The van der Waals surface area contributed by atoms with Gasteiger partial charge in [0.1, 0.15) is 0 Å². The van der Waals surface area contributed by atoms with Crippen LogP contribution in [-0.2, 0) is 6.54 Å². The number of aromatic nitrogens is 2. The molecule has 0 aliphatic rings. The molecule has 3 aromatic carbocycles. The van der Waals surface area contributed by atoms with Gasteiger partial charge in [0.25, 0.3) is 5.56 Å². The topological polar surface area (TPSA) is 44.0 Å². The number of hydrogen-bond donors (Lipinski definition) is 0. The average molecular weight is 342 g/mol. The summed E-state index contributed by atoms with van der Waals surface area (Å²) in [6.07, 6.45) is 0. The second kappa shape index (κ2) is 6.48. The molecule has 0 saturated carbocycles. The zero-order valence-electron chi connectivity index (χ0n) is 14.4. The second-order valence-corrected chi connectivity index (χ2v) is 6.35. The van der Waals surface area contributed by atoms with Gasteiger partial charge in [0, 0.05) is 0 Å². The van der Waals surface area contributed by atoms with E-state index < -0.39 is 0 Å². The first-order chi connectivity index (χ1) is 12.6. The molecule has 128 valence electrons. The van der Waals surface area contributed by atoms with E-state index in [9.17, 15) is 9.59 Å². The summed E-state index contributed by atoms with van der Waals surface area (Å²) in [5, 5.41) is 0.531. The fourth-order valence-electron chi connectivity index (χ4n) is 3.16. The lowest BCUT2D eigenvalue weighted by Crippen LogP contribution is -2.39. The highest BCUT2D eigenvalue weighted by Gasteiger charge is 2.14. The van der Waals surface area contributed by atoms with Gasteiger partial charge in [-0.1, -0.05) is 60.2 Å². The molecule has 1 aromatic heterocycles. The van der Waals surface area contributed by atoms with Crippen molar-refractivity contribution in [1.82, 2.24) is 9.13 Å². The van der Waals surface area contributed by atoms with E-state index in [2.05, 4.69) is 0 Å². The number of rotatable bonds is 3. The van der Waals surface area contributed by atoms with Crippen LogP contribution in [0.1, 0.15) is 11.1 Å². The van der Waals surface area contributed by atoms with Gasteiger partial charge in [0.15, 0.2) is 0 Å². The lowest BCUT2D eigenvalue weighted by Gasteiger charge is -2.14. The average Bonchev–Trinajstić information content (AvgIpc) is 2.67. The minimum absolute atomic E-state index is 0.293. The van der Waals surface area contributed by atoms with Crippen LogP contribution in [0.5, 0.6) is 0 Å². The molecule has 0 fully saturated rings. The van der Waals surface area contributed by atoms with E-state index in [1.807, 2.05) is 67.6 Å². The standard InChI is InChI=1S/C22H18N2O2/c1-16-11-13-18(14-12-16)24-21(25)19-9-5-6-10-20(19)23(22(24)26)15-17-7-3-2-4-8-17/h2-14H,15H2,1H3. The molecule has 0 radical (unpaired) electrons. The summed E-state index contributed by atoms with van der Waals surface area (Å²) >= 11 is 0. The zero-order valence-corrected chi connectivity index (χ0v) is 14.4. The molecule has 4 nitrogen and oxygen atoms in total. The van der Waals surface area contributed by atoms with Crippen LogP contribution in [-0.4, -0.2) is 9.13 Å². The first-order valence-electron chi connectivity index (χ1n) is 8.51. The summed E-state index contributed by atoms with van der Waals surface area (Å²) in [5.41, 5.74) is 2.69. The van der Waals surface area contributed by atoms with Crippen molar-refractivity contribution in [3.05, 3.63) is 111 Å². The van der Waals surface area contributed by atoms with E-state index in [0.717, 1.165) is 11.1 Å². The quantitative estimate of drug-likeness (QED) is 0.572. The molecule has 0 atom stereocenters. The van der Waals surface area contributed by atoms with E-state index in [0.29, 0.717) is 23.1 Å². The van der Waals surface area contributed by atoms with Crippen LogP contribution in [0.15, 0.2) is 88.5 Å². The van der Waals surface area contributed by atoms with Crippen LogP contribution in [0.4, 0.5) is 0 Å². The Labute approximate surface area is 150 Å². The van der Waals surface area contributed by atoms with Crippen molar-refractivity contribution in [2.24, 2.45) is 0 Å². The molecular weight excluding hydrogens is 324 g/mol. The lowest BCUT2D eigenvalue weighted by molar-refractivity contribution is 0.714. The monoisotopic (exact) mass is 342 g/mol. The Morgan fingerprint density at radius 2 is 1.42 bits per heavy atom. The molecule has 0 aliphatic heterocycles. The molecule has 26 heavy (non-hydrogen) atoms. The number of aryl methyl sites for hydroxylation is 1. The Morgan fingerprint density at radius 1 is 0.769 bits per heavy atom. The first kappa shape index (κ1) is 16.1. The third-order valence-corrected chi connectivity index (χ3v) is 4.53. The van der Waals surface area contributed by atoms with Gasteiger partial charge in [-0.3, -0.25) is 9.36 Å². The first-order valence-corrected chi connectivity index (χ1v) is 8.51. The van der Waals surface area contributed by atoms with Crippen molar-refractivity contribution in [1.29, 1.82) is 0 Å². The minimum Gasteiger partial charge on any atom is -0.288 e. The molecule has 4 aromatic rings. The molecule has 4 heteroatoms. The number of benzene rings is 3. The summed E-state index contributed by atoms with van der Waals surface area (Å²) < 4.78 is 2.91. The number of hydrogen-bond acceptors (Lipinski definition) is 2. The summed E-state index contributed by atoms with van der Waals surface area (Å²) in [5.74, 6) is 0. The largest absolute Gasteiger partial charge is 0.336 e. The van der Waals surface area contributed by atoms with Crippen LogP contribution < -0.4 is 11.2 Å². The van der Waals surface area contributed by atoms with Gasteiger partial charge in [-0.15, -0.1) is 0 Å². The molecule has 0 amide bonds. The Balaban J connectivity index is 2.03. The summed E-state index contributed by atoms with van der Waals surface area (Å²) in [7, 11) is 0. The summed E-state index contributed by atoms with van der Waals surface area (Å²) in [6.45, 7) is 2.38. The van der Waals surface area contributed by atoms with Gasteiger partial charge in [-0.25, -0.2) is 9.36 Å². The van der Waals surface area contributed by atoms with E-state index >= 15 is 0 Å². The van der Waals surface area contributed by atoms with Gasteiger partial charge in [0.05, 0.1) is 23.1 Å². The summed E-state index contributed by atoms with van der Waals surface area (Å²) in [4.78, 5) is 26.2. The highest BCUT2D eigenvalue weighted by Crippen LogP contribution is 2.12. The predicted molar refractivity (Wildman–Crippen MR) is 104 cm³/mol. The van der Waals surface area contributed by atoms with Crippen molar-refractivity contribution >= 4 is 10.9 Å². The molecule has 0 N–H and O–H groups in total. The minimum atomic E-state index is -0.332. The van der Waals surface area contributed by atoms with Crippen LogP contribution in [0.2, 0.25) is 0 Å². The molecule has 0 aliphatic carbocycles. The zero-order chi connectivity index (χ0) is 18.1. The third kappa shape index (κ3) is 2.75. The SMILES string of the molecule is Cc1ccc(-n2c(=O)c3ccccc3n(Cc3ccccc3)c2=O)cc1. The van der Waals surface area contributed by atoms with Gasteiger partial charge in [0.2, 0.25) is 0 Å². The second-order valence-electron chi connectivity index (χ2n) is 6.35. The fourth-order valence-corrected chi connectivity index (χ4v) is 3.16. The summed E-state index contributed by atoms with van der Waals surface area (Å²) in [6, 6.07) is 24.4. The van der Waals surface area contributed by atoms with Gasteiger partial charge in [-0.2, -0.15) is 0 Å². The number of fused-ring (bicyclic) bond motifs is 1. The normalized spacial score (nSPS) is 11.0. The maximum atomic E-state index is 13.2. The van der Waals surface area contributed by atoms with E-state index in [1.54, 1.807) is 22.8 Å². The van der Waals surface area contributed by atoms with Crippen molar-refractivity contribution in [2.45, 2.75) is 13.5 Å². The number of para-hydroxylation sites is 1. The Morgan fingerprint density at radius 3 is 2.15 bits per heavy atom. The molecule has 0 spiro atoms. The molecule has 0 bridgehead atoms. The van der Waals surface area contributed by atoms with Gasteiger partial charge < -0.3 is 0 Å².